The molecule has 0 atom stereocenters. The third kappa shape index (κ3) is 7.06. The van der Waals surface area contributed by atoms with Crippen molar-refractivity contribution >= 4 is 11.3 Å². The smallest absolute Gasteiger partial charge is 0.0591 e. The van der Waals surface area contributed by atoms with Crippen LogP contribution in [0.1, 0.15) is 30.5 Å². The summed E-state index contributed by atoms with van der Waals surface area (Å²) >= 11 is 1.90. The first-order valence-electron chi connectivity index (χ1n) is 6.90. The van der Waals surface area contributed by atoms with Crippen LogP contribution in [0.4, 0.5) is 0 Å². The molecule has 0 aliphatic heterocycles. The quantitative estimate of drug-likeness (QED) is 0.708. The molecule has 0 spiro atoms. The van der Waals surface area contributed by atoms with Crippen LogP contribution in [0.15, 0.2) is 12.1 Å². The minimum atomic E-state index is 0.259. The van der Waals surface area contributed by atoms with Gasteiger partial charge in [-0.25, -0.2) is 0 Å². The fourth-order valence-electron chi connectivity index (χ4n) is 1.63. The molecule has 0 aliphatic rings. The molecule has 3 nitrogen and oxygen atoms in total. The Bertz CT molecular complexity index is 344. The Labute approximate surface area is 121 Å². The van der Waals surface area contributed by atoms with Crippen LogP contribution in [0.3, 0.4) is 0 Å². The number of methoxy groups -OCH3 is 1. The van der Waals surface area contributed by atoms with Crippen LogP contribution in [0.2, 0.25) is 0 Å². The van der Waals surface area contributed by atoms with Crippen molar-refractivity contribution in [3.05, 3.63) is 21.9 Å². The summed E-state index contributed by atoms with van der Waals surface area (Å²) < 4.78 is 10.6. The van der Waals surface area contributed by atoms with Crippen LogP contribution in [-0.4, -0.2) is 40.0 Å². The highest BCUT2D eigenvalue weighted by Crippen LogP contribution is 2.29. The second-order valence-electron chi connectivity index (χ2n) is 5.62. The van der Waals surface area contributed by atoms with E-state index in [1.165, 1.54) is 9.75 Å². The first-order valence-corrected chi connectivity index (χ1v) is 7.72. The van der Waals surface area contributed by atoms with Gasteiger partial charge in [0.1, 0.15) is 0 Å². The van der Waals surface area contributed by atoms with Gasteiger partial charge in [0.2, 0.25) is 0 Å². The minimum Gasteiger partial charge on any atom is -0.383 e. The second-order valence-corrected chi connectivity index (χ2v) is 6.79. The van der Waals surface area contributed by atoms with Crippen molar-refractivity contribution in [3.63, 3.8) is 0 Å². The van der Waals surface area contributed by atoms with Gasteiger partial charge in [-0.2, -0.15) is 0 Å². The first-order chi connectivity index (χ1) is 9.04. The number of rotatable bonds is 9. The maximum atomic E-state index is 5.62. The zero-order valence-electron chi connectivity index (χ0n) is 12.6. The van der Waals surface area contributed by atoms with Crippen LogP contribution in [-0.2, 0) is 21.3 Å². The fourth-order valence-corrected chi connectivity index (χ4v) is 2.68. The van der Waals surface area contributed by atoms with Gasteiger partial charge in [-0.1, -0.05) is 20.8 Å². The van der Waals surface area contributed by atoms with E-state index in [9.17, 15) is 0 Å². The molecule has 0 fully saturated rings. The maximum Gasteiger partial charge on any atom is 0.0591 e. The average Bonchev–Trinajstić information content (AvgIpc) is 2.81. The van der Waals surface area contributed by atoms with Gasteiger partial charge in [-0.05, 0) is 17.5 Å². The molecule has 1 N–H and O–H groups in total. The molecule has 1 heterocycles. The molecule has 1 rings (SSSR count). The molecule has 0 aromatic carbocycles. The van der Waals surface area contributed by atoms with Crippen molar-refractivity contribution in [2.75, 3.05) is 40.0 Å². The van der Waals surface area contributed by atoms with Crippen molar-refractivity contribution in [2.45, 2.75) is 32.6 Å². The molecule has 0 aliphatic carbocycles. The number of nitrogens with one attached hydrogen (secondary N) is 1. The van der Waals surface area contributed by atoms with Gasteiger partial charge >= 0.3 is 0 Å². The van der Waals surface area contributed by atoms with Crippen LogP contribution in [0, 0.1) is 0 Å². The SMILES string of the molecule is COCCNCCOCCc1ccc(C(C)(C)C)s1. The third-order valence-electron chi connectivity index (χ3n) is 2.80. The van der Waals surface area contributed by atoms with Gasteiger partial charge < -0.3 is 14.8 Å². The molecule has 110 valence electrons. The normalized spacial score (nSPS) is 12.0. The topological polar surface area (TPSA) is 30.5 Å². The van der Waals surface area contributed by atoms with Gasteiger partial charge in [0, 0.05) is 36.4 Å². The Kier molecular flexibility index (Phi) is 7.61. The summed E-state index contributed by atoms with van der Waals surface area (Å²) in [5.41, 5.74) is 0.259. The van der Waals surface area contributed by atoms with E-state index >= 15 is 0 Å². The number of thiophene rings is 1. The highest BCUT2D eigenvalue weighted by atomic mass is 32.1. The molecule has 0 unspecified atom stereocenters. The second kappa shape index (κ2) is 8.69. The van der Waals surface area contributed by atoms with E-state index in [1.54, 1.807) is 7.11 Å². The predicted octanol–water partition coefficient (Wildman–Crippen LogP) is 2.84. The minimum absolute atomic E-state index is 0.259. The molecule has 19 heavy (non-hydrogen) atoms. The molecular formula is C15H27NO2S. The maximum absolute atomic E-state index is 5.62. The first kappa shape index (κ1) is 16.6. The lowest BCUT2D eigenvalue weighted by atomic mass is 9.95. The van der Waals surface area contributed by atoms with Gasteiger partial charge in [-0.15, -0.1) is 11.3 Å². The van der Waals surface area contributed by atoms with E-state index in [1.807, 2.05) is 11.3 Å². The Hall–Kier alpha value is -0.420. The summed E-state index contributed by atoms with van der Waals surface area (Å²) in [4.78, 5) is 2.86. The number of ether oxygens (including phenoxy) is 2. The lowest BCUT2D eigenvalue weighted by molar-refractivity contribution is 0.135. The van der Waals surface area contributed by atoms with E-state index < -0.39 is 0 Å². The average molecular weight is 285 g/mol. The van der Waals surface area contributed by atoms with E-state index in [4.69, 9.17) is 9.47 Å². The molecule has 0 bridgehead atoms. The van der Waals surface area contributed by atoms with Crippen molar-refractivity contribution in [3.8, 4) is 0 Å². The van der Waals surface area contributed by atoms with Crippen molar-refractivity contribution in [1.29, 1.82) is 0 Å². The van der Waals surface area contributed by atoms with Gasteiger partial charge in [-0.3, -0.25) is 0 Å². The summed E-state index contributed by atoms with van der Waals surface area (Å²) in [6, 6.07) is 4.47. The van der Waals surface area contributed by atoms with Gasteiger partial charge in [0.05, 0.1) is 19.8 Å². The molecule has 0 amide bonds. The summed E-state index contributed by atoms with van der Waals surface area (Å²) in [7, 11) is 1.71. The van der Waals surface area contributed by atoms with Crippen molar-refractivity contribution in [1.82, 2.24) is 5.32 Å². The van der Waals surface area contributed by atoms with E-state index in [0.717, 1.165) is 39.3 Å². The lowest BCUT2D eigenvalue weighted by Crippen LogP contribution is -2.23. The van der Waals surface area contributed by atoms with Crippen LogP contribution < -0.4 is 5.32 Å². The molecule has 0 saturated heterocycles. The van der Waals surface area contributed by atoms with Gasteiger partial charge in [0.25, 0.3) is 0 Å². The standard InChI is InChI=1S/C15H27NO2S/c1-15(2,3)14-6-5-13(19-14)7-10-18-12-9-16-8-11-17-4/h5-6,16H,7-12H2,1-4H3. The Balaban J connectivity index is 2.08. The predicted molar refractivity (Wildman–Crippen MR) is 82.3 cm³/mol. The monoisotopic (exact) mass is 285 g/mol. The Morgan fingerprint density at radius 3 is 2.47 bits per heavy atom. The van der Waals surface area contributed by atoms with Crippen molar-refractivity contribution in [2.24, 2.45) is 0 Å². The fraction of sp³-hybridized carbons (Fsp3) is 0.733. The number of hydrogen-bond donors (Lipinski definition) is 1. The largest absolute Gasteiger partial charge is 0.383 e. The molecule has 0 saturated carbocycles. The molecule has 1 aromatic rings. The van der Waals surface area contributed by atoms with E-state index in [2.05, 4.69) is 38.2 Å². The third-order valence-corrected chi connectivity index (χ3v) is 4.37. The lowest BCUT2D eigenvalue weighted by Gasteiger charge is -2.15. The number of hydrogen-bond acceptors (Lipinski definition) is 4. The molecule has 1 aromatic heterocycles. The molecular weight excluding hydrogens is 258 g/mol. The van der Waals surface area contributed by atoms with Gasteiger partial charge in [0.15, 0.2) is 0 Å². The zero-order chi connectivity index (χ0) is 14.1. The summed E-state index contributed by atoms with van der Waals surface area (Å²) in [5, 5.41) is 3.26. The molecule has 0 radical (unpaired) electrons. The highest BCUT2D eigenvalue weighted by molar-refractivity contribution is 7.12. The highest BCUT2D eigenvalue weighted by Gasteiger charge is 2.15. The Morgan fingerprint density at radius 1 is 1.11 bits per heavy atom. The van der Waals surface area contributed by atoms with Crippen LogP contribution in [0.5, 0.6) is 0 Å². The summed E-state index contributed by atoms with van der Waals surface area (Å²) in [6.45, 7) is 10.9. The summed E-state index contributed by atoms with van der Waals surface area (Å²) in [5.74, 6) is 0. The van der Waals surface area contributed by atoms with Crippen LogP contribution >= 0.6 is 11.3 Å². The van der Waals surface area contributed by atoms with E-state index in [-0.39, 0.29) is 5.41 Å². The molecule has 4 heteroatoms. The zero-order valence-corrected chi connectivity index (χ0v) is 13.4. The summed E-state index contributed by atoms with van der Waals surface area (Å²) in [6.07, 6.45) is 1.01. The van der Waals surface area contributed by atoms with Crippen LogP contribution in [0.25, 0.3) is 0 Å². The van der Waals surface area contributed by atoms with Crippen molar-refractivity contribution < 1.29 is 9.47 Å². The Morgan fingerprint density at radius 2 is 1.84 bits per heavy atom. The van der Waals surface area contributed by atoms with E-state index in [0.29, 0.717) is 0 Å².